The SMILES string of the molecule is CCCCCCCCCCC=COC(=O)CCC(=O)O.[H-].[H-].[Mg+2]. The third-order valence-corrected chi connectivity index (χ3v) is 3.06. The first-order chi connectivity index (χ1) is 9.66. The van der Waals surface area contributed by atoms with E-state index in [0.717, 1.165) is 12.8 Å². The van der Waals surface area contributed by atoms with Gasteiger partial charge in [-0.2, -0.15) is 0 Å². The molecule has 0 aliphatic heterocycles. The maximum Gasteiger partial charge on any atom is 2.00 e. The van der Waals surface area contributed by atoms with E-state index in [0.29, 0.717) is 0 Å². The summed E-state index contributed by atoms with van der Waals surface area (Å²) in [6.45, 7) is 2.22. The summed E-state index contributed by atoms with van der Waals surface area (Å²) in [5, 5.41) is 8.40. The molecule has 0 unspecified atom stereocenters. The van der Waals surface area contributed by atoms with Gasteiger partial charge in [0.05, 0.1) is 19.1 Å². The van der Waals surface area contributed by atoms with Crippen molar-refractivity contribution in [3.05, 3.63) is 12.3 Å². The first kappa shape index (κ1) is 22.7. The Morgan fingerprint density at radius 3 is 2.14 bits per heavy atom. The molecule has 120 valence electrons. The van der Waals surface area contributed by atoms with Crippen molar-refractivity contribution in [1.29, 1.82) is 0 Å². The number of carbonyl (C=O) groups is 2. The Labute approximate surface area is 147 Å². The first-order valence-corrected chi connectivity index (χ1v) is 7.73. The van der Waals surface area contributed by atoms with Crippen LogP contribution in [0.1, 0.15) is 80.4 Å². The monoisotopic (exact) mass is 310 g/mol. The van der Waals surface area contributed by atoms with Crippen molar-refractivity contribution >= 4 is 35.0 Å². The van der Waals surface area contributed by atoms with E-state index in [2.05, 4.69) is 6.92 Å². The zero-order valence-electron chi connectivity index (χ0n) is 15.3. The fraction of sp³-hybridized carbons (Fsp3) is 0.750. The second-order valence-corrected chi connectivity index (χ2v) is 5.02. The number of esters is 1. The molecule has 0 radical (unpaired) electrons. The van der Waals surface area contributed by atoms with Crippen LogP contribution in [0.5, 0.6) is 0 Å². The summed E-state index contributed by atoms with van der Waals surface area (Å²) in [7, 11) is 0. The third-order valence-electron chi connectivity index (χ3n) is 3.06. The molecule has 0 aromatic rings. The van der Waals surface area contributed by atoms with Crippen molar-refractivity contribution in [2.24, 2.45) is 0 Å². The number of allylic oxidation sites excluding steroid dienone is 1. The average molecular weight is 311 g/mol. The molecular weight excluding hydrogens is 280 g/mol. The fourth-order valence-corrected chi connectivity index (χ4v) is 1.86. The summed E-state index contributed by atoms with van der Waals surface area (Å²) in [4.78, 5) is 21.3. The predicted octanol–water partition coefficient (Wildman–Crippen LogP) is 4.28. The van der Waals surface area contributed by atoms with Gasteiger partial charge >= 0.3 is 35.0 Å². The van der Waals surface area contributed by atoms with Crippen molar-refractivity contribution in [3.63, 3.8) is 0 Å². The molecule has 5 heteroatoms. The van der Waals surface area contributed by atoms with Gasteiger partial charge in [-0.05, 0) is 18.9 Å². The van der Waals surface area contributed by atoms with E-state index in [1.807, 2.05) is 6.08 Å². The average Bonchev–Trinajstić information content (AvgIpc) is 2.42. The van der Waals surface area contributed by atoms with Gasteiger partial charge in [0, 0.05) is 0 Å². The van der Waals surface area contributed by atoms with Crippen LogP contribution < -0.4 is 0 Å². The van der Waals surface area contributed by atoms with Gasteiger partial charge in [-0.3, -0.25) is 9.59 Å². The Kier molecular flexibility index (Phi) is 18.9. The number of carboxylic acid groups (broad SMARTS) is 1. The molecular formula is C16H30MgO4. The molecule has 0 bridgehead atoms. The van der Waals surface area contributed by atoms with Gasteiger partial charge in [0.2, 0.25) is 0 Å². The van der Waals surface area contributed by atoms with Crippen LogP contribution in [-0.4, -0.2) is 40.1 Å². The van der Waals surface area contributed by atoms with Crippen LogP contribution in [0.2, 0.25) is 0 Å². The minimum absolute atomic E-state index is 0. The molecule has 4 nitrogen and oxygen atoms in total. The van der Waals surface area contributed by atoms with Gasteiger partial charge in [-0.15, -0.1) is 0 Å². The van der Waals surface area contributed by atoms with E-state index in [1.54, 1.807) is 0 Å². The molecule has 0 amide bonds. The van der Waals surface area contributed by atoms with E-state index < -0.39 is 11.9 Å². The normalized spacial score (nSPS) is 10.3. The predicted molar refractivity (Wildman–Crippen MR) is 87.3 cm³/mol. The van der Waals surface area contributed by atoms with E-state index in [-0.39, 0.29) is 38.7 Å². The summed E-state index contributed by atoms with van der Waals surface area (Å²) < 4.78 is 4.78. The van der Waals surface area contributed by atoms with Crippen molar-refractivity contribution in [3.8, 4) is 0 Å². The Morgan fingerprint density at radius 2 is 1.57 bits per heavy atom. The minimum Gasteiger partial charge on any atom is -1.00 e. The largest absolute Gasteiger partial charge is 2.00 e. The van der Waals surface area contributed by atoms with Crippen LogP contribution in [0.15, 0.2) is 12.3 Å². The summed E-state index contributed by atoms with van der Waals surface area (Å²) in [5.74, 6) is -1.47. The zero-order valence-corrected chi connectivity index (χ0v) is 14.7. The number of carboxylic acids is 1. The van der Waals surface area contributed by atoms with Crippen LogP contribution in [0.4, 0.5) is 0 Å². The van der Waals surface area contributed by atoms with Crippen LogP contribution in [0.3, 0.4) is 0 Å². The summed E-state index contributed by atoms with van der Waals surface area (Å²) in [5.41, 5.74) is 0. The van der Waals surface area contributed by atoms with Gasteiger partial charge in [0.25, 0.3) is 0 Å². The third kappa shape index (κ3) is 19.4. The Balaban J connectivity index is -0.000000602. The standard InChI is InChI=1S/C16H28O4.Mg.2H/c1-2-3-4-5-6-7-8-9-10-11-14-20-16(19)13-12-15(17)18;;;/h11,14H,2-10,12-13H2,1H3,(H,17,18);;;/q;+2;2*-1. The van der Waals surface area contributed by atoms with Crippen molar-refractivity contribution in [1.82, 2.24) is 0 Å². The number of ether oxygens (including phenoxy) is 1. The van der Waals surface area contributed by atoms with E-state index in [1.165, 1.54) is 51.2 Å². The van der Waals surface area contributed by atoms with Gasteiger partial charge < -0.3 is 12.7 Å². The number of carbonyl (C=O) groups excluding carboxylic acids is 1. The molecule has 0 rings (SSSR count). The van der Waals surface area contributed by atoms with E-state index >= 15 is 0 Å². The number of aliphatic carboxylic acids is 1. The van der Waals surface area contributed by atoms with Crippen LogP contribution in [0, 0.1) is 0 Å². The van der Waals surface area contributed by atoms with Crippen LogP contribution >= 0.6 is 0 Å². The second kappa shape index (κ2) is 17.5. The number of unbranched alkanes of at least 4 members (excludes halogenated alkanes) is 8. The maximum atomic E-state index is 11.1. The molecule has 0 aliphatic rings. The minimum atomic E-state index is -0.982. The molecule has 0 atom stereocenters. The maximum absolute atomic E-state index is 11.1. The Morgan fingerprint density at radius 1 is 1.00 bits per heavy atom. The smallest absolute Gasteiger partial charge is 1.00 e. The van der Waals surface area contributed by atoms with Gasteiger partial charge in [-0.1, -0.05) is 51.9 Å². The number of hydrogen-bond acceptors (Lipinski definition) is 3. The van der Waals surface area contributed by atoms with Crippen molar-refractivity contribution < 1.29 is 22.3 Å². The van der Waals surface area contributed by atoms with E-state index in [9.17, 15) is 9.59 Å². The molecule has 0 heterocycles. The molecule has 0 aliphatic carbocycles. The summed E-state index contributed by atoms with van der Waals surface area (Å²) in [6, 6.07) is 0. The van der Waals surface area contributed by atoms with Gasteiger partial charge in [0.15, 0.2) is 0 Å². The molecule has 21 heavy (non-hydrogen) atoms. The number of hydrogen-bond donors (Lipinski definition) is 1. The molecule has 1 N–H and O–H groups in total. The zero-order chi connectivity index (χ0) is 15.1. The summed E-state index contributed by atoms with van der Waals surface area (Å²) >= 11 is 0. The van der Waals surface area contributed by atoms with Gasteiger partial charge in [-0.25, -0.2) is 0 Å². The van der Waals surface area contributed by atoms with Crippen molar-refractivity contribution in [2.45, 2.75) is 77.6 Å². The quantitative estimate of drug-likeness (QED) is 0.239. The second-order valence-electron chi connectivity index (χ2n) is 5.02. The topological polar surface area (TPSA) is 63.6 Å². The van der Waals surface area contributed by atoms with Gasteiger partial charge in [0.1, 0.15) is 0 Å². The van der Waals surface area contributed by atoms with Crippen molar-refractivity contribution in [2.75, 3.05) is 0 Å². The molecule has 0 aromatic heterocycles. The molecule has 0 saturated heterocycles. The number of rotatable bonds is 13. The molecule has 0 saturated carbocycles. The fourth-order valence-electron chi connectivity index (χ4n) is 1.86. The van der Waals surface area contributed by atoms with E-state index in [4.69, 9.17) is 9.84 Å². The first-order valence-electron chi connectivity index (χ1n) is 7.73. The molecule has 0 spiro atoms. The summed E-state index contributed by atoms with van der Waals surface area (Å²) in [6.07, 6.45) is 14.1. The molecule has 0 fully saturated rings. The Bertz CT molecular complexity index is 300. The van der Waals surface area contributed by atoms with Crippen LogP contribution in [-0.2, 0) is 14.3 Å². The Hall–Kier alpha value is -0.554. The molecule has 0 aromatic carbocycles. The van der Waals surface area contributed by atoms with Crippen LogP contribution in [0.25, 0.3) is 0 Å².